The molecule has 1 unspecified atom stereocenters. The molecule has 4 nitrogen and oxygen atoms in total. The minimum atomic E-state index is 0. The second-order valence-corrected chi connectivity index (χ2v) is 6.11. The number of guanidine groups is 1. The van der Waals surface area contributed by atoms with Crippen molar-refractivity contribution in [1.29, 1.82) is 0 Å². The van der Waals surface area contributed by atoms with Crippen LogP contribution in [0.15, 0.2) is 59.6 Å². The molecule has 0 radical (unpaired) electrons. The number of halogens is 1. The van der Waals surface area contributed by atoms with Gasteiger partial charge in [-0.25, -0.2) is 0 Å². The Hall–Kier alpha value is -1.60. The maximum Gasteiger partial charge on any atom is 0.191 e. The highest BCUT2D eigenvalue weighted by atomic mass is 127. The first-order chi connectivity index (χ1) is 12.2. The van der Waals surface area contributed by atoms with Gasteiger partial charge < -0.3 is 15.7 Å². The lowest BCUT2D eigenvalue weighted by Gasteiger charge is -2.15. The van der Waals surface area contributed by atoms with Crippen molar-refractivity contribution in [2.24, 2.45) is 4.99 Å². The highest BCUT2D eigenvalue weighted by Crippen LogP contribution is 2.14. The minimum absolute atomic E-state index is 0. The predicted molar refractivity (Wildman–Crippen MR) is 121 cm³/mol. The Kier molecular flexibility index (Phi) is 11.0. The van der Waals surface area contributed by atoms with Gasteiger partial charge in [-0.15, -0.1) is 24.0 Å². The fourth-order valence-electron chi connectivity index (χ4n) is 2.74. The molecule has 0 heterocycles. The summed E-state index contributed by atoms with van der Waals surface area (Å²) < 4.78 is 0. The van der Waals surface area contributed by atoms with Crippen molar-refractivity contribution in [2.45, 2.75) is 26.2 Å². The Morgan fingerprint density at radius 3 is 2.38 bits per heavy atom. The number of nitrogens with one attached hydrogen (secondary N) is 2. The molecule has 0 bridgehead atoms. The number of nitrogens with zero attached hydrogens (tertiary/aromatic N) is 1. The molecule has 0 aliphatic rings. The van der Waals surface area contributed by atoms with E-state index in [2.05, 4.69) is 53.7 Å². The average molecular weight is 467 g/mol. The van der Waals surface area contributed by atoms with E-state index >= 15 is 0 Å². The molecular formula is C21H30IN3O. The van der Waals surface area contributed by atoms with Crippen LogP contribution in [-0.4, -0.2) is 37.3 Å². The highest BCUT2D eigenvalue weighted by Gasteiger charge is 2.10. The molecule has 2 rings (SSSR count). The molecule has 2 aromatic rings. The summed E-state index contributed by atoms with van der Waals surface area (Å²) in [6, 6.07) is 18.5. The quantitative estimate of drug-likeness (QED) is 0.317. The van der Waals surface area contributed by atoms with E-state index in [1.807, 2.05) is 30.3 Å². The van der Waals surface area contributed by atoms with Gasteiger partial charge in [-0.05, 0) is 37.0 Å². The van der Waals surface area contributed by atoms with Crippen LogP contribution < -0.4 is 10.6 Å². The summed E-state index contributed by atoms with van der Waals surface area (Å²) in [5.41, 5.74) is 3.78. The topological polar surface area (TPSA) is 56.7 Å². The standard InChI is InChI=1S/C21H29N3O.HI/c1-3-22-21(23-14-13-18-10-8-7-9-17(18)2)24-15-20(16-25)19-11-5-4-6-12-19;/h4-12,20,25H,3,13-16H2,1-2H3,(H2,22,23,24);1H. The van der Waals surface area contributed by atoms with Crippen LogP contribution in [0.5, 0.6) is 0 Å². The molecule has 0 spiro atoms. The van der Waals surface area contributed by atoms with Gasteiger partial charge in [0.15, 0.2) is 5.96 Å². The van der Waals surface area contributed by atoms with E-state index in [1.54, 1.807) is 0 Å². The Labute approximate surface area is 174 Å². The van der Waals surface area contributed by atoms with E-state index in [9.17, 15) is 5.11 Å². The van der Waals surface area contributed by atoms with E-state index < -0.39 is 0 Å². The average Bonchev–Trinajstić information content (AvgIpc) is 2.64. The van der Waals surface area contributed by atoms with Gasteiger partial charge in [-0.3, -0.25) is 4.99 Å². The molecule has 142 valence electrons. The van der Waals surface area contributed by atoms with E-state index in [-0.39, 0.29) is 36.5 Å². The molecule has 0 fully saturated rings. The third-order valence-corrected chi connectivity index (χ3v) is 4.25. The Morgan fingerprint density at radius 2 is 1.73 bits per heavy atom. The van der Waals surface area contributed by atoms with Crippen LogP contribution in [0.25, 0.3) is 0 Å². The molecule has 0 amide bonds. The van der Waals surface area contributed by atoms with Crippen molar-refractivity contribution in [3.05, 3.63) is 71.3 Å². The molecule has 0 saturated carbocycles. The van der Waals surface area contributed by atoms with Gasteiger partial charge in [0, 0.05) is 19.0 Å². The number of aryl methyl sites for hydroxylation is 1. The van der Waals surface area contributed by atoms with Gasteiger partial charge >= 0.3 is 0 Å². The van der Waals surface area contributed by atoms with Crippen molar-refractivity contribution in [2.75, 3.05) is 26.2 Å². The molecule has 0 saturated heterocycles. The van der Waals surface area contributed by atoms with Gasteiger partial charge in [0.1, 0.15) is 0 Å². The minimum Gasteiger partial charge on any atom is -0.396 e. The number of aliphatic hydroxyl groups excluding tert-OH is 1. The fourth-order valence-corrected chi connectivity index (χ4v) is 2.74. The maximum absolute atomic E-state index is 9.67. The smallest absolute Gasteiger partial charge is 0.191 e. The molecule has 1 atom stereocenters. The van der Waals surface area contributed by atoms with Crippen LogP contribution >= 0.6 is 24.0 Å². The third-order valence-electron chi connectivity index (χ3n) is 4.25. The predicted octanol–water partition coefficient (Wildman–Crippen LogP) is 3.49. The first-order valence-electron chi connectivity index (χ1n) is 8.97. The van der Waals surface area contributed by atoms with Crippen molar-refractivity contribution in [3.8, 4) is 0 Å². The highest BCUT2D eigenvalue weighted by molar-refractivity contribution is 14.0. The Bertz CT molecular complexity index is 661. The summed E-state index contributed by atoms with van der Waals surface area (Å²) in [6.07, 6.45) is 0.958. The van der Waals surface area contributed by atoms with Crippen molar-refractivity contribution >= 4 is 29.9 Å². The molecule has 0 aliphatic carbocycles. The third kappa shape index (κ3) is 7.33. The zero-order valence-electron chi connectivity index (χ0n) is 15.6. The number of aliphatic hydroxyl groups is 1. The lowest BCUT2D eigenvalue weighted by Crippen LogP contribution is -2.38. The van der Waals surface area contributed by atoms with Crippen molar-refractivity contribution < 1.29 is 5.11 Å². The summed E-state index contributed by atoms with van der Waals surface area (Å²) in [5.74, 6) is 0.818. The van der Waals surface area contributed by atoms with Crippen LogP contribution in [0, 0.1) is 6.92 Å². The lowest BCUT2D eigenvalue weighted by atomic mass is 10.0. The van der Waals surface area contributed by atoms with Crippen LogP contribution in [0.4, 0.5) is 0 Å². The van der Waals surface area contributed by atoms with E-state index in [1.165, 1.54) is 11.1 Å². The number of benzene rings is 2. The molecule has 3 N–H and O–H groups in total. The Morgan fingerprint density at radius 1 is 1.04 bits per heavy atom. The van der Waals surface area contributed by atoms with Crippen LogP contribution in [0.2, 0.25) is 0 Å². The SMILES string of the molecule is CCNC(=NCC(CO)c1ccccc1)NCCc1ccccc1C.I. The van der Waals surface area contributed by atoms with Crippen LogP contribution in [0.1, 0.15) is 29.5 Å². The molecule has 0 aromatic heterocycles. The van der Waals surface area contributed by atoms with Crippen LogP contribution in [0.3, 0.4) is 0 Å². The molecule has 0 aliphatic heterocycles. The first-order valence-corrected chi connectivity index (χ1v) is 8.97. The summed E-state index contributed by atoms with van der Waals surface area (Å²) in [5, 5.41) is 16.3. The molecule has 5 heteroatoms. The second kappa shape index (κ2) is 12.7. The summed E-state index contributed by atoms with van der Waals surface area (Å²) >= 11 is 0. The molecule has 2 aromatic carbocycles. The summed E-state index contributed by atoms with van der Waals surface area (Å²) in [4.78, 5) is 4.65. The zero-order valence-corrected chi connectivity index (χ0v) is 17.9. The largest absolute Gasteiger partial charge is 0.396 e. The van der Waals surface area contributed by atoms with E-state index in [0.717, 1.165) is 31.0 Å². The number of aliphatic imine (C=N–C) groups is 1. The summed E-state index contributed by atoms with van der Waals surface area (Å²) in [7, 11) is 0. The maximum atomic E-state index is 9.67. The molecule has 26 heavy (non-hydrogen) atoms. The number of hydrogen-bond donors (Lipinski definition) is 3. The normalized spacial score (nSPS) is 12.2. The Balaban J connectivity index is 0.00000338. The second-order valence-electron chi connectivity index (χ2n) is 6.11. The van der Waals surface area contributed by atoms with Crippen molar-refractivity contribution in [1.82, 2.24) is 10.6 Å². The first kappa shape index (κ1) is 22.4. The zero-order chi connectivity index (χ0) is 17.9. The summed E-state index contributed by atoms with van der Waals surface area (Å²) in [6.45, 7) is 6.48. The number of rotatable bonds is 8. The lowest BCUT2D eigenvalue weighted by molar-refractivity contribution is 0.268. The van der Waals surface area contributed by atoms with Gasteiger partial charge in [-0.1, -0.05) is 54.6 Å². The monoisotopic (exact) mass is 467 g/mol. The van der Waals surface area contributed by atoms with Crippen molar-refractivity contribution in [3.63, 3.8) is 0 Å². The van der Waals surface area contributed by atoms with E-state index in [4.69, 9.17) is 0 Å². The van der Waals surface area contributed by atoms with E-state index in [0.29, 0.717) is 6.54 Å². The van der Waals surface area contributed by atoms with Gasteiger partial charge in [0.25, 0.3) is 0 Å². The fraction of sp³-hybridized carbons (Fsp3) is 0.381. The van der Waals surface area contributed by atoms with Crippen LogP contribution in [-0.2, 0) is 6.42 Å². The van der Waals surface area contributed by atoms with Gasteiger partial charge in [-0.2, -0.15) is 0 Å². The molecular weight excluding hydrogens is 437 g/mol. The van der Waals surface area contributed by atoms with Gasteiger partial charge in [0.2, 0.25) is 0 Å². The number of hydrogen-bond acceptors (Lipinski definition) is 2. The van der Waals surface area contributed by atoms with Gasteiger partial charge in [0.05, 0.1) is 13.2 Å².